The molecule has 0 aliphatic carbocycles. The van der Waals surface area contributed by atoms with Crippen molar-refractivity contribution in [2.45, 2.75) is 18.5 Å². The van der Waals surface area contributed by atoms with Crippen LogP contribution in [0.5, 0.6) is 5.75 Å². The van der Waals surface area contributed by atoms with Crippen LogP contribution in [0.4, 0.5) is 35.0 Å². The molecule has 1 saturated heterocycles. The van der Waals surface area contributed by atoms with Crippen molar-refractivity contribution >= 4 is 40.8 Å². The van der Waals surface area contributed by atoms with Crippen LogP contribution in [0.15, 0.2) is 66.7 Å². The number of urea groups is 1. The van der Waals surface area contributed by atoms with Gasteiger partial charge in [0.1, 0.15) is 11.1 Å². The molecule has 1 aliphatic heterocycles. The van der Waals surface area contributed by atoms with E-state index in [-0.39, 0.29) is 22.7 Å². The van der Waals surface area contributed by atoms with E-state index in [0.717, 1.165) is 23.3 Å². The number of carbonyl (C=O) groups is 2. The summed E-state index contributed by atoms with van der Waals surface area (Å²) >= 11 is 1.45. The summed E-state index contributed by atoms with van der Waals surface area (Å²) in [6.07, 6.45) is -4.51. The Morgan fingerprint density at radius 3 is 2.40 bits per heavy atom. The molecule has 4 rings (SSSR count). The lowest BCUT2D eigenvalue weighted by Gasteiger charge is -2.26. The molecule has 0 aromatic heterocycles. The van der Waals surface area contributed by atoms with Crippen molar-refractivity contribution < 1.29 is 27.5 Å². The first kappa shape index (κ1) is 24.5. The highest BCUT2D eigenvalue weighted by Gasteiger charge is 2.36. The number of anilines is 3. The lowest BCUT2D eigenvalue weighted by molar-refractivity contribution is -0.137. The molecule has 0 spiro atoms. The predicted octanol–water partition coefficient (Wildman–Crippen LogP) is 6.45. The number of amides is 3. The zero-order valence-electron chi connectivity index (χ0n) is 18.8. The van der Waals surface area contributed by atoms with Gasteiger partial charge in [0.25, 0.3) is 0 Å². The topological polar surface area (TPSA) is 70.7 Å². The Morgan fingerprint density at radius 1 is 1.03 bits per heavy atom. The lowest BCUT2D eigenvalue weighted by atomic mass is 10.1. The minimum Gasteiger partial charge on any atom is -0.495 e. The first-order valence-electron chi connectivity index (χ1n) is 10.6. The molecule has 10 heteroatoms. The summed E-state index contributed by atoms with van der Waals surface area (Å²) in [6, 6.07) is 16.3. The number of ether oxygens (including phenoxy) is 1. The number of hydrogen-bond acceptors (Lipinski definition) is 4. The second-order valence-corrected chi connectivity index (χ2v) is 8.95. The third-order valence-electron chi connectivity index (χ3n) is 5.34. The summed E-state index contributed by atoms with van der Waals surface area (Å²) in [6.45, 7) is 1.93. The highest BCUT2D eigenvalue weighted by atomic mass is 32.2. The molecule has 6 nitrogen and oxygen atoms in total. The molecule has 0 unspecified atom stereocenters. The van der Waals surface area contributed by atoms with Crippen molar-refractivity contribution in [3.8, 4) is 5.75 Å². The highest BCUT2D eigenvalue weighted by Crippen LogP contribution is 2.45. The summed E-state index contributed by atoms with van der Waals surface area (Å²) in [4.78, 5) is 26.9. The SMILES string of the molecule is COc1ccc(C)cc1N1C(=O)CS[C@H]1c1cccc(NC(=O)Nc2cccc(C(F)(F)F)c2)c1. The van der Waals surface area contributed by atoms with Crippen LogP contribution >= 0.6 is 11.8 Å². The maximum Gasteiger partial charge on any atom is 0.416 e. The molecule has 3 aromatic rings. The van der Waals surface area contributed by atoms with Crippen molar-refractivity contribution in [3.63, 3.8) is 0 Å². The molecule has 0 saturated carbocycles. The quantitative estimate of drug-likeness (QED) is 0.422. The first-order chi connectivity index (χ1) is 16.7. The number of halogens is 3. The van der Waals surface area contributed by atoms with Gasteiger partial charge in [0.2, 0.25) is 5.91 Å². The maximum atomic E-state index is 12.9. The highest BCUT2D eigenvalue weighted by molar-refractivity contribution is 8.00. The van der Waals surface area contributed by atoms with Crippen LogP contribution in [-0.4, -0.2) is 24.8 Å². The van der Waals surface area contributed by atoms with Gasteiger partial charge in [0.05, 0.1) is 24.1 Å². The fourth-order valence-electron chi connectivity index (χ4n) is 3.76. The molecule has 35 heavy (non-hydrogen) atoms. The van der Waals surface area contributed by atoms with Gasteiger partial charge in [-0.05, 0) is 60.5 Å². The number of benzene rings is 3. The summed E-state index contributed by atoms with van der Waals surface area (Å²) in [5.74, 6) is 0.797. The Morgan fingerprint density at radius 2 is 1.71 bits per heavy atom. The molecule has 182 valence electrons. The van der Waals surface area contributed by atoms with Crippen LogP contribution < -0.4 is 20.3 Å². The third-order valence-corrected chi connectivity index (χ3v) is 6.55. The van der Waals surface area contributed by atoms with E-state index in [1.165, 1.54) is 23.9 Å². The summed E-state index contributed by atoms with van der Waals surface area (Å²) in [7, 11) is 1.55. The van der Waals surface area contributed by atoms with E-state index in [4.69, 9.17) is 4.74 Å². The van der Waals surface area contributed by atoms with E-state index in [2.05, 4.69) is 10.6 Å². The van der Waals surface area contributed by atoms with E-state index >= 15 is 0 Å². The number of nitrogens with zero attached hydrogens (tertiary/aromatic N) is 1. The van der Waals surface area contributed by atoms with Gasteiger partial charge < -0.3 is 15.4 Å². The van der Waals surface area contributed by atoms with Crippen molar-refractivity contribution in [3.05, 3.63) is 83.4 Å². The van der Waals surface area contributed by atoms with Crippen molar-refractivity contribution in [2.75, 3.05) is 28.4 Å². The van der Waals surface area contributed by atoms with Gasteiger partial charge in [0, 0.05) is 11.4 Å². The van der Waals surface area contributed by atoms with E-state index in [9.17, 15) is 22.8 Å². The number of carbonyl (C=O) groups excluding carboxylic acids is 2. The number of methoxy groups -OCH3 is 1. The number of rotatable bonds is 5. The lowest BCUT2D eigenvalue weighted by Crippen LogP contribution is -2.28. The average molecular weight is 502 g/mol. The van der Waals surface area contributed by atoms with Crippen LogP contribution in [0, 0.1) is 6.92 Å². The van der Waals surface area contributed by atoms with Gasteiger partial charge in [-0.25, -0.2) is 4.79 Å². The summed E-state index contributed by atoms with van der Waals surface area (Å²) in [5.41, 5.74) is 2.01. The Balaban J connectivity index is 1.53. The van der Waals surface area contributed by atoms with Gasteiger partial charge in [-0.1, -0.05) is 24.3 Å². The predicted molar refractivity (Wildman–Crippen MR) is 131 cm³/mol. The summed E-state index contributed by atoms with van der Waals surface area (Å²) < 4.78 is 44.3. The number of hydrogen-bond donors (Lipinski definition) is 2. The molecule has 3 amide bonds. The first-order valence-corrected chi connectivity index (χ1v) is 11.6. The molecule has 1 aliphatic rings. The molecule has 0 bridgehead atoms. The minimum atomic E-state index is -4.51. The molecular weight excluding hydrogens is 479 g/mol. The smallest absolute Gasteiger partial charge is 0.416 e. The van der Waals surface area contributed by atoms with Crippen molar-refractivity contribution in [2.24, 2.45) is 0 Å². The standard InChI is InChI=1S/C25H22F3N3O3S/c1-15-9-10-21(34-2)20(11-15)31-22(32)14-35-23(31)16-5-3-7-18(12-16)29-24(33)30-19-8-4-6-17(13-19)25(26,27)28/h3-13,23H,14H2,1-2H3,(H2,29,30,33)/t23-/m0/s1. The normalized spacial score (nSPS) is 15.7. The summed E-state index contributed by atoms with van der Waals surface area (Å²) in [5, 5.41) is 4.72. The van der Waals surface area contributed by atoms with Gasteiger partial charge in [-0.3, -0.25) is 9.69 Å². The Hall–Kier alpha value is -3.66. The molecule has 1 heterocycles. The van der Waals surface area contributed by atoms with Gasteiger partial charge >= 0.3 is 12.2 Å². The maximum absolute atomic E-state index is 12.9. The van der Waals surface area contributed by atoms with Crippen LogP contribution in [-0.2, 0) is 11.0 Å². The van der Waals surface area contributed by atoms with Gasteiger partial charge in [0.15, 0.2) is 0 Å². The Labute approximate surface area is 204 Å². The monoisotopic (exact) mass is 501 g/mol. The zero-order valence-corrected chi connectivity index (χ0v) is 19.7. The van der Waals surface area contributed by atoms with Crippen molar-refractivity contribution in [1.82, 2.24) is 0 Å². The molecule has 0 radical (unpaired) electrons. The second-order valence-electron chi connectivity index (χ2n) is 7.89. The van der Waals surface area contributed by atoms with Crippen LogP contribution in [0.25, 0.3) is 0 Å². The third kappa shape index (κ3) is 5.54. The average Bonchev–Trinajstić information content (AvgIpc) is 3.20. The molecular formula is C25H22F3N3O3S. The molecule has 2 N–H and O–H groups in total. The fourth-order valence-corrected chi connectivity index (χ4v) is 4.91. The molecule has 3 aromatic carbocycles. The largest absolute Gasteiger partial charge is 0.495 e. The Bertz CT molecular complexity index is 1270. The van der Waals surface area contributed by atoms with Crippen LogP contribution in [0.1, 0.15) is 22.1 Å². The minimum absolute atomic E-state index is 0.0168. The van der Waals surface area contributed by atoms with Gasteiger partial charge in [-0.15, -0.1) is 11.8 Å². The Kier molecular flexibility index (Phi) is 6.93. The number of nitrogens with one attached hydrogen (secondary N) is 2. The number of thioether (sulfide) groups is 1. The number of alkyl halides is 3. The van der Waals surface area contributed by atoms with E-state index < -0.39 is 17.8 Å². The molecule has 1 fully saturated rings. The zero-order chi connectivity index (χ0) is 25.2. The molecule has 1 atom stereocenters. The van der Waals surface area contributed by atoms with Crippen molar-refractivity contribution in [1.29, 1.82) is 0 Å². The van der Waals surface area contributed by atoms with E-state index in [1.54, 1.807) is 30.2 Å². The van der Waals surface area contributed by atoms with Crippen LogP contribution in [0.2, 0.25) is 0 Å². The number of aryl methyl sites for hydroxylation is 1. The van der Waals surface area contributed by atoms with E-state index in [1.807, 2.05) is 31.2 Å². The van der Waals surface area contributed by atoms with E-state index in [0.29, 0.717) is 17.1 Å². The second kappa shape index (κ2) is 9.91. The fraction of sp³-hybridized carbons (Fsp3) is 0.200. The van der Waals surface area contributed by atoms with Crippen LogP contribution in [0.3, 0.4) is 0 Å². The van der Waals surface area contributed by atoms with Gasteiger partial charge in [-0.2, -0.15) is 13.2 Å².